The van der Waals surface area contributed by atoms with E-state index in [9.17, 15) is 14.4 Å². The van der Waals surface area contributed by atoms with Crippen LogP contribution in [0.15, 0.2) is 36.4 Å². The molecule has 8 nitrogen and oxygen atoms in total. The van der Waals surface area contributed by atoms with Crippen LogP contribution in [-0.2, 0) is 34.0 Å². The van der Waals surface area contributed by atoms with Crippen LogP contribution in [0.2, 0.25) is 0 Å². The summed E-state index contributed by atoms with van der Waals surface area (Å²) in [7, 11) is 0. The Morgan fingerprint density at radius 3 is 2.51 bits per heavy atom. The molecule has 2 amide bonds. The van der Waals surface area contributed by atoms with Crippen molar-refractivity contribution >= 4 is 23.3 Å². The maximum atomic E-state index is 15.2. The number of rotatable bonds is 6. The molecule has 206 valence electrons. The van der Waals surface area contributed by atoms with Crippen LogP contribution in [0.5, 0.6) is 0 Å². The second-order valence-electron chi connectivity index (χ2n) is 12.6. The number of anilines is 1. The van der Waals surface area contributed by atoms with Gasteiger partial charge < -0.3 is 20.3 Å². The predicted molar refractivity (Wildman–Crippen MR) is 143 cm³/mol. The number of nitrogens with one attached hydrogen (secondary N) is 2. The molecule has 1 saturated carbocycles. The van der Waals surface area contributed by atoms with Gasteiger partial charge in [-0.25, -0.2) is 4.39 Å². The van der Waals surface area contributed by atoms with Gasteiger partial charge in [0.05, 0.1) is 11.2 Å². The molecule has 2 aromatic carbocycles. The monoisotopic (exact) mass is 534 g/mol. The number of halogens is 1. The molecule has 39 heavy (non-hydrogen) atoms. The lowest BCUT2D eigenvalue weighted by molar-refractivity contribution is -0.182. The Balaban J connectivity index is 1.14. The highest BCUT2D eigenvalue weighted by atomic mass is 19.1. The van der Waals surface area contributed by atoms with Gasteiger partial charge in [0.2, 0.25) is 5.91 Å². The fourth-order valence-electron chi connectivity index (χ4n) is 6.91. The highest BCUT2D eigenvalue weighted by molar-refractivity contribution is 6.18. The maximum absolute atomic E-state index is 15.2. The third kappa shape index (κ3) is 4.51. The van der Waals surface area contributed by atoms with E-state index < -0.39 is 11.6 Å². The average molecular weight is 535 g/mol. The van der Waals surface area contributed by atoms with Crippen molar-refractivity contribution in [2.24, 2.45) is 0 Å². The van der Waals surface area contributed by atoms with Crippen molar-refractivity contribution in [3.05, 3.63) is 64.5 Å². The van der Waals surface area contributed by atoms with E-state index in [4.69, 9.17) is 4.74 Å². The highest BCUT2D eigenvalue weighted by Crippen LogP contribution is 2.48. The number of amides is 2. The summed E-state index contributed by atoms with van der Waals surface area (Å²) in [5, 5.41) is 6.04. The number of benzene rings is 2. The molecular formula is C30H35FN4O4. The fourth-order valence-corrected chi connectivity index (χ4v) is 6.91. The third-order valence-electron chi connectivity index (χ3n) is 8.33. The number of hydrogen-bond donors (Lipinski definition) is 2. The van der Waals surface area contributed by atoms with Crippen LogP contribution in [-0.4, -0.2) is 63.3 Å². The second kappa shape index (κ2) is 8.86. The SMILES string of the molecule is CC1(C)CN(Cc2ccc(CNc3cccc4c3CN([C@@]35CCC(=O)NC3C5=O)C4=O)c(F)c2)CC(C)(C)O1. The summed E-state index contributed by atoms with van der Waals surface area (Å²) in [6.07, 6.45) is 0.575. The first-order chi connectivity index (χ1) is 18.4. The van der Waals surface area contributed by atoms with E-state index in [-0.39, 0.29) is 54.1 Å². The molecule has 0 bridgehead atoms. The molecule has 1 unspecified atom stereocenters. The Bertz CT molecular complexity index is 1370. The Morgan fingerprint density at radius 1 is 1.08 bits per heavy atom. The number of carbonyl (C=O) groups is 3. The molecule has 2 N–H and O–H groups in total. The Labute approximate surface area is 227 Å². The lowest BCUT2D eigenvalue weighted by Crippen LogP contribution is -2.56. The summed E-state index contributed by atoms with van der Waals surface area (Å²) in [4.78, 5) is 41.6. The summed E-state index contributed by atoms with van der Waals surface area (Å²) >= 11 is 0. The van der Waals surface area contributed by atoms with Crippen LogP contribution >= 0.6 is 0 Å². The van der Waals surface area contributed by atoms with Gasteiger partial charge in [-0.3, -0.25) is 19.3 Å². The van der Waals surface area contributed by atoms with Crippen LogP contribution in [0, 0.1) is 5.82 Å². The fraction of sp³-hybridized carbons (Fsp3) is 0.500. The molecule has 3 aliphatic heterocycles. The molecule has 3 fully saturated rings. The molecule has 0 radical (unpaired) electrons. The maximum Gasteiger partial charge on any atom is 0.255 e. The van der Waals surface area contributed by atoms with Crippen LogP contribution in [0.1, 0.15) is 67.6 Å². The summed E-state index contributed by atoms with van der Waals surface area (Å²) in [5.74, 6) is -0.736. The molecule has 2 aromatic rings. The van der Waals surface area contributed by atoms with Gasteiger partial charge in [0.1, 0.15) is 17.4 Å². The van der Waals surface area contributed by atoms with Crippen molar-refractivity contribution < 1.29 is 23.5 Å². The van der Waals surface area contributed by atoms with E-state index in [1.165, 1.54) is 0 Å². The lowest BCUT2D eigenvalue weighted by Gasteiger charge is -2.47. The number of piperidine rings is 1. The third-order valence-corrected chi connectivity index (χ3v) is 8.33. The molecular weight excluding hydrogens is 499 g/mol. The molecule has 0 aromatic heterocycles. The van der Waals surface area contributed by atoms with Crippen molar-refractivity contribution in [2.75, 3.05) is 18.4 Å². The van der Waals surface area contributed by atoms with Crippen molar-refractivity contribution in [2.45, 2.75) is 83.0 Å². The number of Topliss-reactive ketones (excluding diaryl/α,β-unsaturated/α-hetero) is 1. The Morgan fingerprint density at radius 2 is 1.82 bits per heavy atom. The zero-order chi connectivity index (χ0) is 27.7. The molecule has 9 heteroatoms. The normalized spacial score (nSPS) is 27.2. The summed E-state index contributed by atoms with van der Waals surface area (Å²) in [5.41, 5.74) is 2.04. The molecule has 2 saturated heterocycles. The number of nitrogens with zero attached hydrogens (tertiary/aromatic N) is 2. The van der Waals surface area contributed by atoms with Crippen molar-refractivity contribution in [3.63, 3.8) is 0 Å². The number of carbonyl (C=O) groups excluding carboxylic acids is 3. The topological polar surface area (TPSA) is 91.0 Å². The Hall–Kier alpha value is -3.30. The van der Waals surface area contributed by atoms with Crippen molar-refractivity contribution in [1.29, 1.82) is 0 Å². The zero-order valence-corrected chi connectivity index (χ0v) is 22.9. The lowest BCUT2D eigenvalue weighted by atomic mass is 9.98. The number of hydrogen-bond acceptors (Lipinski definition) is 6. The highest BCUT2D eigenvalue weighted by Gasteiger charge is 2.72. The standard InChI is InChI=1S/C30H35FN4O4/c1-28(2)16-34(17-29(3,4)39-28)14-18-8-9-19(22(31)12-18)13-32-23-7-5-6-20-21(23)15-35(27(20)38)30-11-10-24(36)33-25(30)26(30)37/h5-9,12,25,32H,10-11,13-17H2,1-4H3,(H,33,36)/t25?,30-/m0/s1. The van der Waals surface area contributed by atoms with Gasteiger partial charge in [-0.1, -0.05) is 18.2 Å². The molecule has 1 aliphatic carbocycles. The minimum absolute atomic E-state index is 0.101. The minimum atomic E-state index is -0.936. The first kappa shape index (κ1) is 26.0. The summed E-state index contributed by atoms with van der Waals surface area (Å²) < 4.78 is 21.3. The number of ketones is 1. The largest absolute Gasteiger partial charge is 0.381 e. The van der Waals surface area contributed by atoms with Crippen molar-refractivity contribution in [1.82, 2.24) is 15.1 Å². The first-order valence-corrected chi connectivity index (χ1v) is 13.6. The van der Waals surface area contributed by atoms with Gasteiger partial charge in [0.25, 0.3) is 5.91 Å². The van der Waals surface area contributed by atoms with Crippen molar-refractivity contribution in [3.8, 4) is 0 Å². The second-order valence-corrected chi connectivity index (χ2v) is 12.6. The van der Waals surface area contributed by atoms with Crippen LogP contribution < -0.4 is 10.6 Å². The smallest absolute Gasteiger partial charge is 0.255 e. The van der Waals surface area contributed by atoms with E-state index >= 15 is 4.39 Å². The van der Waals surface area contributed by atoms with E-state index in [1.54, 1.807) is 23.1 Å². The van der Waals surface area contributed by atoms with Gasteiger partial charge in [0, 0.05) is 61.5 Å². The average Bonchev–Trinajstić information content (AvgIpc) is 3.26. The van der Waals surface area contributed by atoms with E-state index in [1.807, 2.05) is 18.2 Å². The number of ether oxygens (including phenoxy) is 1. The van der Waals surface area contributed by atoms with Crippen LogP contribution in [0.25, 0.3) is 0 Å². The number of morpholine rings is 1. The summed E-state index contributed by atoms with van der Waals surface area (Å²) in [6.45, 7) is 11.1. The first-order valence-electron chi connectivity index (χ1n) is 13.6. The predicted octanol–water partition coefficient (Wildman–Crippen LogP) is 3.38. The zero-order valence-electron chi connectivity index (χ0n) is 22.9. The van der Waals surface area contributed by atoms with Gasteiger partial charge in [-0.15, -0.1) is 0 Å². The van der Waals surface area contributed by atoms with Gasteiger partial charge in [-0.05, 0) is 57.9 Å². The molecule has 3 heterocycles. The summed E-state index contributed by atoms with van der Waals surface area (Å²) in [6, 6.07) is 10.2. The van der Waals surface area contributed by atoms with E-state index in [0.29, 0.717) is 24.1 Å². The Kier molecular flexibility index (Phi) is 5.89. The minimum Gasteiger partial charge on any atom is -0.381 e. The van der Waals surface area contributed by atoms with Crippen LogP contribution in [0.4, 0.5) is 10.1 Å². The van der Waals surface area contributed by atoms with Gasteiger partial charge >= 0.3 is 0 Å². The van der Waals surface area contributed by atoms with Gasteiger partial charge in [0.15, 0.2) is 5.78 Å². The van der Waals surface area contributed by atoms with E-state index in [0.717, 1.165) is 29.9 Å². The molecule has 4 aliphatic rings. The molecule has 2 atom stereocenters. The number of fused-ring (bicyclic) bond motifs is 2. The molecule has 0 spiro atoms. The quantitative estimate of drug-likeness (QED) is 0.591. The van der Waals surface area contributed by atoms with Crippen LogP contribution in [0.3, 0.4) is 0 Å². The van der Waals surface area contributed by atoms with Gasteiger partial charge in [-0.2, -0.15) is 0 Å². The van der Waals surface area contributed by atoms with E-state index in [2.05, 4.69) is 43.2 Å². The molecule has 6 rings (SSSR count).